The quantitative estimate of drug-likeness (QED) is 0.214. The van der Waals surface area contributed by atoms with Gasteiger partial charge >= 0.3 is 18.2 Å². The Labute approximate surface area is 256 Å². The van der Waals surface area contributed by atoms with E-state index in [1.54, 1.807) is 24.3 Å². The number of benzene rings is 3. The van der Waals surface area contributed by atoms with Crippen LogP contribution in [0.2, 0.25) is 0 Å². The van der Waals surface area contributed by atoms with E-state index in [0.717, 1.165) is 43.4 Å². The Morgan fingerprint density at radius 1 is 0.867 bits per heavy atom. The zero-order valence-corrected chi connectivity index (χ0v) is 24.0. The van der Waals surface area contributed by atoms with Gasteiger partial charge in [0, 0.05) is 23.9 Å². The highest BCUT2D eigenvalue weighted by Gasteiger charge is 2.66. The molecule has 2 amide bonds. The third-order valence-electron chi connectivity index (χ3n) is 7.60. The summed E-state index contributed by atoms with van der Waals surface area (Å²) in [7, 11) is 0. The second kappa shape index (κ2) is 13.0. The van der Waals surface area contributed by atoms with E-state index < -0.39 is 47.4 Å². The molecule has 3 aromatic rings. The maximum absolute atomic E-state index is 13.7. The molecule has 0 spiro atoms. The molecule has 0 bridgehead atoms. The average Bonchev–Trinajstić information content (AvgIpc) is 3.01. The molecule has 45 heavy (non-hydrogen) atoms. The molecule has 3 N–H and O–H groups in total. The number of rotatable bonds is 10. The fraction of sp³-hybridized carbons (Fsp3) is 0.303. The lowest BCUT2D eigenvalue weighted by Crippen LogP contribution is -2.52. The van der Waals surface area contributed by atoms with E-state index in [0.29, 0.717) is 16.7 Å². The summed E-state index contributed by atoms with van der Waals surface area (Å²) in [5.41, 5.74) is 4.02. The molecule has 0 radical (unpaired) electrons. The molecule has 1 aliphatic heterocycles. The first-order valence-corrected chi connectivity index (χ1v) is 14.4. The Balaban J connectivity index is 1.37. The predicted molar refractivity (Wildman–Crippen MR) is 157 cm³/mol. The standard InChI is InChI=1S/C33H30F4N2O6/c34-32(35)33(36,37)45-28-19-25(14-15-27(28)44-32)39-31(43)26(23-12-10-22(11-13-23)21-4-2-1-3-5-21)18-20-6-8-24(9-7-20)30(42)38-17-16-29(40)41/h4,6-15,19,26H,1-3,5,16-18H2,(H,38,42)(H,39,43)(H,40,41). The van der Waals surface area contributed by atoms with Gasteiger partial charge in [0.1, 0.15) is 0 Å². The number of carbonyl (C=O) groups is 3. The third-order valence-corrected chi connectivity index (χ3v) is 7.60. The zero-order chi connectivity index (χ0) is 32.2. The Bertz CT molecular complexity index is 1610. The summed E-state index contributed by atoms with van der Waals surface area (Å²) in [6.07, 6.45) is -3.34. The molecule has 8 nitrogen and oxygen atoms in total. The van der Waals surface area contributed by atoms with Gasteiger partial charge < -0.3 is 25.2 Å². The van der Waals surface area contributed by atoms with Crippen LogP contribution in [0.1, 0.15) is 65.1 Å². The summed E-state index contributed by atoms with van der Waals surface area (Å²) < 4.78 is 63.0. The molecule has 12 heteroatoms. The normalized spacial score (nSPS) is 17.0. The number of aliphatic carboxylic acids is 1. The van der Waals surface area contributed by atoms with Crippen molar-refractivity contribution in [2.45, 2.75) is 56.7 Å². The van der Waals surface area contributed by atoms with Crippen LogP contribution in [0.5, 0.6) is 11.5 Å². The van der Waals surface area contributed by atoms with Crippen LogP contribution >= 0.6 is 0 Å². The Hall–Kier alpha value is -4.87. The SMILES string of the molecule is O=C(O)CCNC(=O)c1ccc(CC(C(=O)Nc2ccc3c(c2)OC(F)(F)C(F)(F)O3)c2ccc(C3=CCCCC3)cc2)cc1. The number of alkyl halides is 4. The molecule has 0 saturated heterocycles. The fourth-order valence-electron chi connectivity index (χ4n) is 5.18. The van der Waals surface area contributed by atoms with Gasteiger partial charge in [0.25, 0.3) is 5.91 Å². The van der Waals surface area contributed by atoms with Crippen LogP contribution in [0.15, 0.2) is 72.8 Å². The number of allylic oxidation sites excluding steroid dienone is 2. The third kappa shape index (κ3) is 7.44. The minimum absolute atomic E-state index is 0.0228. The van der Waals surface area contributed by atoms with Crippen LogP contribution < -0.4 is 20.1 Å². The minimum Gasteiger partial charge on any atom is -0.481 e. The summed E-state index contributed by atoms with van der Waals surface area (Å²) >= 11 is 0. The van der Waals surface area contributed by atoms with Gasteiger partial charge in [-0.3, -0.25) is 14.4 Å². The molecule has 0 fully saturated rings. The Morgan fingerprint density at radius 3 is 2.20 bits per heavy atom. The second-order valence-electron chi connectivity index (χ2n) is 10.8. The second-order valence-corrected chi connectivity index (χ2v) is 10.8. The lowest BCUT2D eigenvalue weighted by Gasteiger charge is -2.32. The summed E-state index contributed by atoms with van der Waals surface area (Å²) in [4.78, 5) is 36.7. The van der Waals surface area contributed by atoms with E-state index in [1.165, 1.54) is 11.6 Å². The van der Waals surface area contributed by atoms with Crippen molar-refractivity contribution >= 4 is 29.0 Å². The van der Waals surface area contributed by atoms with Crippen molar-refractivity contribution in [1.29, 1.82) is 0 Å². The maximum Gasteiger partial charge on any atom is 0.507 e. The van der Waals surface area contributed by atoms with Gasteiger partial charge in [-0.15, -0.1) is 0 Å². The zero-order valence-electron chi connectivity index (χ0n) is 24.0. The van der Waals surface area contributed by atoms with Crippen LogP contribution in [0.4, 0.5) is 23.2 Å². The summed E-state index contributed by atoms with van der Waals surface area (Å²) in [6, 6.07) is 17.3. The molecular weight excluding hydrogens is 596 g/mol. The average molecular weight is 627 g/mol. The molecule has 236 valence electrons. The molecule has 2 aliphatic rings. The van der Waals surface area contributed by atoms with Crippen molar-refractivity contribution in [3.05, 3.63) is 95.1 Å². The number of anilines is 1. The van der Waals surface area contributed by atoms with E-state index in [2.05, 4.69) is 26.2 Å². The van der Waals surface area contributed by atoms with Crippen molar-refractivity contribution < 1.29 is 46.5 Å². The molecule has 0 aromatic heterocycles. The van der Waals surface area contributed by atoms with E-state index in [1.807, 2.05) is 24.3 Å². The highest BCUT2D eigenvalue weighted by atomic mass is 19.3. The van der Waals surface area contributed by atoms with Crippen molar-refractivity contribution in [1.82, 2.24) is 5.32 Å². The topological polar surface area (TPSA) is 114 Å². The fourth-order valence-corrected chi connectivity index (χ4v) is 5.18. The number of nitrogens with one attached hydrogen (secondary N) is 2. The van der Waals surface area contributed by atoms with Crippen LogP contribution in [-0.4, -0.2) is 41.7 Å². The number of carbonyl (C=O) groups excluding carboxylic acids is 2. The number of hydrogen-bond acceptors (Lipinski definition) is 5. The van der Waals surface area contributed by atoms with E-state index in [-0.39, 0.29) is 25.1 Å². The first-order valence-electron chi connectivity index (χ1n) is 14.4. The van der Waals surface area contributed by atoms with Crippen LogP contribution in [0, 0.1) is 0 Å². The number of carboxylic acid groups (broad SMARTS) is 1. The molecule has 1 atom stereocenters. The van der Waals surface area contributed by atoms with Gasteiger partial charge in [-0.1, -0.05) is 42.5 Å². The summed E-state index contributed by atoms with van der Waals surface area (Å²) in [5, 5.41) is 14.0. The van der Waals surface area contributed by atoms with Crippen LogP contribution in [0.3, 0.4) is 0 Å². The van der Waals surface area contributed by atoms with Gasteiger partial charge in [-0.25, -0.2) is 0 Å². The Kier molecular flexibility index (Phi) is 9.12. The van der Waals surface area contributed by atoms with Gasteiger partial charge in [-0.05, 0) is 78.6 Å². The maximum atomic E-state index is 13.7. The van der Waals surface area contributed by atoms with E-state index in [4.69, 9.17) is 5.11 Å². The van der Waals surface area contributed by atoms with Crippen molar-refractivity contribution in [3.63, 3.8) is 0 Å². The van der Waals surface area contributed by atoms with Crippen molar-refractivity contribution in [3.8, 4) is 11.5 Å². The molecule has 3 aromatic carbocycles. The van der Waals surface area contributed by atoms with Gasteiger partial charge in [-0.2, -0.15) is 17.6 Å². The van der Waals surface area contributed by atoms with Crippen molar-refractivity contribution in [2.24, 2.45) is 0 Å². The highest BCUT2D eigenvalue weighted by molar-refractivity contribution is 5.97. The van der Waals surface area contributed by atoms with Gasteiger partial charge in [0.15, 0.2) is 11.5 Å². The van der Waals surface area contributed by atoms with Gasteiger partial charge in [0.05, 0.1) is 12.3 Å². The first-order chi connectivity index (χ1) is 21.4. The van der Waals surface area contributed by atoms with E-state index >= 15 is 0 Å². The monoisotopic (exact) mass is 626 g/mol. The molecule has 0 saturated carbocycles. The Morgan fingerprint density at radius 2 is 1.56 bits per heavy atom. The lowest BCUT2D eigenvalue weighted by molar-refractivity contribution is -0.391. The number of halogens is 4. The van der Waals surface area contributed by atoms with E-state index in [9.17, 15) is 31.9 Å². The molecule has 1 heterocycles. The van der Waals surface area contributed by atoms with Crippen molar-refractivity contribution in [2.75, 3.05) is 11.9 Å². The molecular formula is C33H30F4N2O6. The highest BCUT2D eigenvalue weighted by Crippen LogP contribution is 2.47. The van der Waals surface area contributed by atoms with Gasteiger partial charge in [0.2, 0.25) is 5.91 Å². The number of hydrogen-bond donors (Lipinski definition) is 3. The number of carboxylic acids is 1. The van der Waals surface area contributed by atoms with Crippen LogP contribution in [-0.2, 0) is 16.0 Å². The minimum atomic E-state index is -4.90. The molecule has 1 unspecified atom stereocenters. The number of ether oxygens (including phenoxy) is 2. The molecule has 1 aliphatic carbocycles. The predicted octanol–water partition coefficient (Wildman–Crippen LogP) is 6.77. The summed E-state index contributed by atoms with van der Waals surface area (Å²) in [5.74, 6) is -3.99. The molecule has 5 rings (SSSR count). The largest absolute Gasteiger partial charge is 0.507 e. The smallest absolute Gasteiger partial charge is 0.481 e. The first kappa shape index (κ1) is 31.6. The summed E-state index contributed by atoms with van der Waals surface area (Å²) in [6.45, 7) is -0.0228. The number of fused-ring (bicyclic) bond motifs is 1. The van der Waals surface area contributed by atoms with Crippen LogP contribution in [0.25, 0.3) is 5.57 Å². The lowest BCUT2D eigenvalue weighted by atomic mass is 9.88. The number of amides is 2.